The Labute approximate surface area is 114 Å². The standard InChI is InChI=1S/C14H20O4S/c1-10-6-7-12(8-11(10)2)19(16,17)9-14(3,4)13(15)18-5/h6-8H,9H2,1-5H3. The van der Waals surface area contributed by atoms with Crippen LogP contribution in [0, 0.1) is 19.3 Å². The van der Waals surface area contributed by atoms with Crippen molar-refractivity contribution in [3.05, 3.63) is 29.3 Å². The normalized spacial score (nSPS) is 12.3. The molecule has 0 radical (unpaired) electrons. The molecule has 106 valence electrons. The number of sulfone groups is 1. The average Bonchev–Trinajstić information content (AvgIpc) is 2.30. The molecular weight excluding hydrogens is 264 g/mol. The van der Waals surface area contributed by atoms with Gasteiger partial charge in [-0.3, -0.25) is 4.79 Å². The van der Waals surface area contributed by atoms with Crippen LogP contribution in [0.25, 0.3) is 0 Å². The molecule has 0 spiro atoms. The van der Waals surface area contributed by atoms with E-state index in [1.807, 2.05) is 13.8 Å². The third kappa shape index (κ3) is 3.56. The van der Waals surface area contributed by atoms with E-state index in [1.165, 1.54) is 7.11 Å². The predicted octanol–water partition coefficient (Wildman–Crippen LogP) is 2.28. The molecule has 0 aliphatic carbocycles. The Morgan fingerprint density at radius 3 is 2.26 bits per heavy atom. The molecule has 0 saturated carbocycles. The van der Waals surface area contributed by atoms with E-state index in [1.54, 1.807) is 32.0 Å². The Bertz CT molecular complexity index is 585. The van der Waals surface area contributed by atoms with E-state index < -0.39 is 21.2 Å². The van der Waals surface area contributed by atoms with Crippen molar-refractivity contribution in [3.8, 4) is 0 Å². The lowest BCUT2D eigenvalue weighted by Gasteiger charge is -2.21. The lowest BCUT2D eigenvalue weighted by atomic mass is 9.97. The van der Waals surface area contributed by atoms with Crippen LogP contribution in [0.1, 0.15) is 25.0 Å². The first-order chi connectivity index (χ1) is 8.60. The monoisotopic (exact) mass is 284 g/mol. The smallest absolute Gasteiger partial charge is 0.312 e. The topological polar surface area (TPSA) is 60.4 Å². The van der Waals surface area contributed by atoms with E-state index >= 15 is 0 Å². The zero-order valence-corrected chi connectivity index (χ0v) is 12.8. The zero-order chi connectivity index (χ0) is 14.8. The van der Waals surface area contributed by atoms with Crippen LogP contribution < -0.4 is 0 Å². The predicted molar refractivity (Wildman–Crippen MR) is 73.8 cm³/mol. The summed E-state index contributed by atoms with van der Waals surface area (Å²) in [7, 11) is -2.26. The van der Waals surface area contributed by atoms with Crippen molar-refractivity contribution in [3.63, 3.8) is 0 Å². The third-order valence-electron chi connectivity index (χ3n) is 3.13. The molecule has 0 saturated heterocycles. The largest absolute Gasteiger partial charge is 0.469 e. The van der Waals surface area contributed by atoms with E-state index in [-0.39, 0.29) is 10.6 Å². The molecule has 19 heavy (non-hydrogen) atoms. The maximum Gasteiger partial charge on any atom is 0.312 e. The van der Waals surface area contributed by atoms with Gasteiger partial charge in [-0.1, -0.05) is 6.07 Å². The first-order valence-corrected chi connectivity index (χ1v) is 7.64. The van der Waals surface area contributed by atoms with Gasteiger partial charge in [0.05, 0.1) is 23.2 Å². The number of rotatable bonds is 4. The molecule has 1 rings (SSSR count). The van der Waals surface area contributed by atoms with Crippen molar-refractivity contribution in [1.29, 1.82) is 0 Å². The second-order valence-electron chi connectivity index (χ2n) is 5.38. The van der Waals surface area contributed by atoms with Crippen molar-refractivity contribution in [2.45, 2.75) is 32.6 Å². The Kier molecular flexibility index (Phi) is 4.40. The molecule has 0 heterocycles. The summed E-state index contributed by atoms with van der Waals surface area (Å²) in [5, 5.41) is 0. The number of aryl methyl sites for hydroxylation is 2. The van der Waals surface area contributed by atoms with Crippen molar-refractivity contribution in [1.82, 2.24) is 0 Å². The van der Waals surface area contributed by atoms with Gasteiger partial charge in [0.2, 0.25) is 0 Å². The number of hydrogen-bond acceptors (Lipinski definition) is 4. The van der Waals surface area contributed by atoms with Gasteiger partial charge in [0, 0.05) is 0 Å². The molecule has 0 amide bonds. The molecule has 0 fully saturated rings. The molecule has 5 heteroatoms. The van der Waals surface area contributed by atoms with Crippen molar-refractivity contribution in [2.24, 2.45) is 5.41 Å². The minimum atomic E-state index is -3.51. The number of carbonyl (C=O) groups is 1. The fraction of sp³-hybridized carbons (Fsp3) is 0.500. The Hall–Kier alpha value is -1.36. The van der Waals surface area contributed by atoms with Crippen molar-refractivity contribution < 1.29 is 17.9 Å². The van der Waals surface area contributed by atoms with E-state index in [0.29, 0.717) is 0 Å². The quantitative estimate of drug-likeness (QED) is 0.796. The van der Waals surface area contributed by atoms with E-state index in [9.17, 15) is 13.2 Å². The van der Waals surface area contributed by atoms with Crippen LogP contribution in [-0.2, 0) is 19.4 Å². The Morgan fingerprint density at radius 1 is 1.21 bits per heavy atom. The number of carbonyl (C=O) groups excluding carboxylic acids is 1. The van der Waals surface area contributed by atoms with Gasteiger partial charge >= 0.3 is 5.97 Å². The van der Waals surface area contributed by atoms with Gasteiger partial charge in [-0.05, 0) is 51.0 Å². The molecule has 1 aromatic rings. The highest BCUT2D eigenvalue weighted by Gasteiger charge is 2.35. The van der Waals surface area contributed by atoms with Gasteiger partial charge in [0.1, 0.15) is 0 Å². The van der Waals surface area contributed by atoms with Gasteiger partial charge in [0.15, 0.2) is 9.84 Å². The fourth-order valence-electron chi connectivity index (χ4n) is 1.80. The Balaban J connectivity index is 3.11. The zero-order valence-electron chi connectivity index (χ0n) is 12.0. The maximum absolute atomic E-state index is 12.3. The number of benzene rings is 1. The molecule has 0 bridgehead atoms. The van der Waals surface area contributed by atoms with Gasteiger partial charge in [0.25, 0.3) is 0 Å². The number of methoxy groups -OCH3 is 1. The van der Waals surface area contributed by atoms with E-state index in [2.05, 4.69) is 4.74 Å². The minimum Gasteiger partial charge on any atom is -0.469 e. The summed E-state index contributed by atoms with van der Waals surface area (Å²) in [6, 6.07) is 4.98. The van der Waals surface area contributed by atoms with Crippen LogP contribution in [0.3, 0.4) is 0 Å². The summed E-state index contributed by atoms with van der Waals surface area (Å²) < 4.78 is 29.3. The molecule has 1 aromatic carbocycles. The molecule has 0 unspecified atom stereocenters. The summed E-state index contributed by atoms with van der Waals surface area (Å²) in [6.45, 7) is 6.92. The molecule has 4 nitrogen and oxygen atoms in total. The highest BCUT2D eigenvalue weighted by Crippen LogP contribution is 2.25. The molecular formula is C14H20O4S. The number of ether oxygens (including phenoxy) is 1. The van der Waals surface area contributed by atoms with Crippen LogP contribution in [0.15, 0.2) is 23.1 Å². The maximum atomic E-state index is 12.3. The molecule has 0 atom stereocenters. The molecule has 0 aromatic heterocycles. The molecule has 0 aliphatic heterocycles. The van der Waals surface area contributed by atoms with Crippen LogP contribution in [0.2, 0.25) is 0 Å². The van der Waals surface area contributed by atoms with Gasteiger partial charge < -0.3 is 4.74 Å². The SMILES string of the molecule is COC(=O)C(C)(C)CS(=O)(=O)c1ccc(C)c(C)c1. The van der Waals surface area contributed by atoms with E-state index in [0.717, 1.165) is 11.1 Å². The van der Waals surface area contributed by atoms with Crippen LogP contribution in [0.4, 0.5) is 0 Å². The summed E-state index contributed by atoms with van der Waals surface area (Å²) in [5.74, 6) is -0.797. The van der Waals surface area contributed by atoms with E-state index in [4.69, 9.17) is 0 Å². The number of esters is 1. The van der Waals surface area contributed by atoms with Gasteiger partial charge in [-0.15, -0.1) is 0 Å². The average molecular weight is 284 g/mol. The minimum absolute atomic E-state index is 0.243. The van der Waals surface area contributed by atoms with Gasteiger partial charge in [-0.2, -0.15) is 0 Å². The van der Waals surface area contributed by atoms with Crippen molar-refractivity contribution >= 4 is 15.8 Å². The molecule has 0 N–H and O–H groups in total. The van der Waals surface area contributed by atoms with Crippen LogP contribution >= 0.6 is 0 Å². The lowest BCUT2D eigenvalue weighted by Crippen LogP contribution is -2.33. The highest BCUT2D eigenvalue weighted by atomic mass is 32.2. The lowest BCUT2D eigenvalue weighted by molar-refractivity contribution is -0.149. The second-order valence-corrected chi connectivity index (χ2v) is 7.37. The summed E-state index contributed by atoms with van der Waals surface area (Å²) in [5.41, 5.74) is 0.884. The van der Waals surface area contributed by atoms with Gasteiger partial charge in [-0.25, -0.2) is 8.42 Å². The van der Waals surface area contributed by atoms with Crippen molar-refractivity contribution in [2.75, 3.05) is 12.9 Å². The highest BCUT2D eigenvalue weighted by molar-refractivity contribution is 7.91. The Morgan fingerprint density at radius 2 is 1.79 bits per heavy atom. The second kappa shape index (κ2) is 5.33. The summed E-state index contributed by atoms with van der Waals surface area (Å²) in [4.78, 5) is 11.8. The third-order valence-corrected chi connectivity index (χ3v) is 5.20. The molecule has 0 aliphatic rings. The number of hydrogen-bond donors (Lipinski definition) is 0. The summed E-state index contributed by atoms with van der Waals surface area (Å²) >= 11 is 0. The van der Waals surface area contributed by atoms with Crippen LogP contribution in [-0.4, -0.2) is 27.2 Å². The van der Waals surface area contributed by atoms with Crippen LogP contribution in [0.5, 0.6) is 0 Å². The summed E-state index contributed by atoms with van der Waals surface area (Å²) in [6.07, 6.45) is 0. The first kappa shape index (κ1) is 15.7. The first-order valence-electron chi connectivity index (χ1n) is 5.98. The fourth-order valence-corrected chi connectivity index (χ4v) is 3.67.